The zero-order chi connectivity index (χ0) is 19.1. The Balaban J connectivity index is 1.71. The van der Waals surface area contributed by atoms with E-state index in [-0.39, 0.29) is 11.7 Å². The van der Waals surface area contributed by atoms with Crippen molar-refractivity contribution in [1.82, 2.24) is 10.3 Å². The smallest absolute Gasteiger partial charge is 0.247 e. The number of aliphatic imine (C=N–C) groups is 1. The van der Waals surface area contributed by atoms with E-state index < -0.39 is 0 Å². The highest BCUT2D eigenvalue weighted by Crippen LogP contribution is 2.22. The van der Waals surface area contributed by atoms with Gasteiger partial charge in [0, 0.05) is 26.6 Å². The molecule has 3 heterocycles. The molecule has 1 aromatic rings. The van der Waals surface area contributed by atoms with E-state index in [4.69, 9.17) is 10.7 Å². The number of nitrogens with two attached hydrogens (primary N) is 1. The summed E-state index contributed by atoms with van der Waals surface area (Å²) in [6.45, 7) is 4.02. The minimum absolute atomic E-state index is 0.141. The average Bonchev–Trinajstić information content (AvgIpc) is 2.97. The van der Waals surface area contributed by atoms with Crippen LogP contribution in [0.15, 0.2) is 17.1 Å². The highest BCUT2D eigenvalue weighted by atomic mass is 16.1. The number of amidine groups is 1. The summed E-state index contributed by atoms with van der Waals surface area (Å²) in [6.07, 6.45) is 7.49. The molecule has 7 nitrogen and oxygen atoms in total. The Kier molecular flexibility index (Phi) is 7.04. The lowest BCUT2D eigenvalue weighted by Crippen LogP contribution is -2.29. The van der Waals surface area contributed by atoms with Gasteiger partial charge < -0.3 is 21.3 Å². The Morgan fingerprint density at radius 3 is 2.63 bits per heavy atom. The van der Waals surface area contributed by atoms with Crippen molar-refractivity contribution in [2.24, 2.45) is 16.6 Å². The van der Waals surface area contributed by atoms with Gasteiger partial charge in [-0.25, -0.2) is 4.98 Å². The number of piperidine rings is 1. The fraction of sp³-hybridized carbons (Fsp3) is 0.650. The summed E-state index contributed by atoms with van der Waals surface area (Å²) < 4.78 is 0. The van der Waals surface area contributed by atoms with Crippen molar-refractivity contribution >= 4 is 23.4 Å². The second-order valence-electron chi connectivity index (χ2n) is 7.51. The Morgan fingerprint density at radius 1 is 1.26 bits per heavy atom. The van der Waals surface area contributed by atoms with Gasteiger partial charge in [-0.15, -0.1) is 0 Å². The standard InChI is InChI=1S/C20H32N6O/c1-22-20-16(6-7-17(24-20)26-12-4-2-3-5-13-26)19(21)25-18(27)14-15-8-10-23-11-9-15/h6-7,15,23H,2-5,8-14H2,1H3,(H,22,24)(H2,21,25,27). The van der Waals surface area contributed by atoms with Crippen molar-refractivity contribution in [1.29, 1.82) is 0 Å². The van der Waals surface area contributed by atoms with Gasteiger partial charge in [0.15, 0.2) is 0 Å². The SMILES string of the molecule is CNc1nc(N2CCCCCC2)ccc1C(N)=NC(=O)CC1CCNCC1. The van der Waals surface area contributed by atoms with E-state index >= 15 is 0 Å². The molecule has 0 spiro atoms. The number of nitrogens with zero attached hydrogens (tertiary/aromatic N) is 3. The van der Waals surface area contributed by atoms with Gasteiger partial charge in [0.2, 0.25) is 5.91 Å². The Morgan fingerprint density at radius 2 is 1.96 bits per heavy atom. The molecule has 2 aliphatic rings. The lowest BCUT2D eigenvalue weighted by Gasteiger charge is -2.22. The topological polar surface area (TPSA) is 95.6 Å². The molecule has 1 aromatic heterocycles. The molecule has 2 saturated heterocycles. The molecule has 0 radical (unpaired) electrons. The molecule has 148 valence electrons. The number of rotatable bonds is 5. The quantitative estimate of drug-likeness (QED) is 0.541. The number of amides is 1. The lowest BCUT2D eigenvalue weighted by atomic mass is 9.94. The van der Waals surface area contributed by atoms with Crippen molar-refractivity contribution in [2.45, 2.75) is 44.9 Å². The third kappa shape index (κ3) is 5.42. The first-order chi connectivity index (χ1) is 13.2. The van der Waals surface area contributed by atoms with Gasteiger partial charge >= 0.3 is 0 Å². The van der Waals surface area contributed by atoms with Gasteiger partial charge in [0.1, 0.15) is 17.5 Å². The maximum absolute atomic E-state index is 12.3. The van der Waals surface area contributed by atoms with E-state index in [1.165, 1.54) is 25.7 Å². The Labute approximate surface area is 161 Å². The zero-order valence-electron chi connectivity index (χ0n) is 16.3. The van der Waals surface area contributed by atoms with Crippen LogP contribution in [0.1, 0.15) is 50.5 Å². The number of pyridine rings is 1. The number of nitrogens with one attached hydrogen (secondary N) is 2. The number of anilines is 2. The van der Waals surface area contributed by atoms with E-state index in [1.54, 1.807) is 0 Å². The molecule has 0 aromatic carbocycles. The second-order valence-corrected chi connectivity index (χ2v) is 7.51. The largest absolute Gasteiger partial charge is 0.383 e. The molecule has 4 N–H and O–H groups in total. The summed E-state index contributed by atoms with van der Waals surface area (Å²) in [5, 5.41) is 6.42. The Hall–Kier alpha value is -2.15. The minimum atomic E-state index is -0.141. The number of hydrogen-bond acceptors (Lipinski definition) is 5. The fourth-order valence-electron chi connectivity index (χ4n) is 3.90. The van der Waals surface area contributed by atoms with Crippen molar-refractivity contribution in [3.8, 4) is 0 Å². The van der Waals surface area contributed by atoms with Crippen molar-refractivity contribution < 1.29 is 4.79 Å². The molecule has 0 saturated carbocycles. The van der Waals surface area contributed by atoms with Crippen LogP contribution < -0.4 is 21.3 Å². The van der Waals surface area contributed by atoms with Crippen LogP contribution in [0.2, 0.25) is 0 Å². The summed E-state index contributed by atoms with van der Waals surface area (Å²) in [5.74, 6) is 2.14. The van der Waals surface area contributed by atoms with Crippen molar-refractivity contribution in [3.63, 3.8) is 0 Å². The molecule has 2 fully saturated rings. The predicted octanol–water partition coefficient (Wildman–Crippen LogP) is 2.13. The zero-order valence-corrected chi connectivity index (χ0v) is 16.3. The van der Waals surface area contributed by atoms with Gasteiger partial charge in [0.05, 0.1) is 5.56 Å². The summed E-state index contributed by atoms with van der Waals surface area (Å²) in [6, 6.07) is 3.91. The molecule has 7 heteroatoms. The molecule has 27 heavy (non-hydrogen) atoms. The fourth-order valence-corrected chi connectivity index (χ4v) is 3.90. The van der Waals surface area contributed by atoms with Crippen molar-refractivity contribution in [3.05, 3.63) is 17.7 Å². The molecule has 1 amide bonds. The van der Waals surface area contributed by atoms with E-state index in [2.05, 4.69) is 20.5 Å². The number of aromatic nitrogens is 1. The van der Waals surface area contributed by atoms with Gasteiger partial charge in [-0.3, -0.25) is 4.79 Å². The lowest BCUT2D eigenvalue weighted by molar-refractivity contribution is -0.118. The van der Waals surface area contributed by atoms with Crippen LogP contribution >= 0.6 is 0 Å². The third-order valence-corrected chi connectivity index (χ3v) is 5.49. The van der Waals surface area contributed by atoms with E-state index in [1.807, 2.05) is 19.2 Å². The molecule has 2 aliphatic heterocycles. The summed E-state index contributed by atoms with van der Waals surface area (Å²) >= 11 is 0. The summed E-state index contributed by atoms with van der Waals surface area (Å²) in [7, 11) is 1.82. The molecule has 3 rings (SSSR count). The number of hydrogen-bond donors (Lipinski definition) is 3. The summed E-state index contributed by atoms with van der Waals surface area (Å²) in [5.41, 5.74) is 6.84. The number of carbonyl (C=O) groups is 1. The molecule has 0 atom stereocenters. The van der Waals surface area contributed by atoms with Gasteiger partial charge in [-0.05, 0) is 56.8 Å². The van der Waals surface area contributed by atoms with Crippen LogP contribution in [0.4, 0.5) is 11.6 Å². The Bertz CT molecular complexity index is 660. The minimum Gasteiger partial charge on any atom is -0.383 e. The predicted molar refractivity (Wildman–Crippen MR) is 110 cm³/mol. The second kappa shape index (κ2) is 9.69. The number of carbonyl (C=O) groups excluding carboxylic acids is 1. The maximum atomic E-state index is 12.3. The molecular weight excluding hydrogens is 340 g/mol. The highest BCUT2D eigenvalue weighted by molar-refractivity contribution is 6.07. The van der Waals surface area contributed by atoms with E-state index in [0.717, 1.165) is 44.8 Å². The van der Waals surface area contributed by atoms with Crippen LogP contribution in [0, 0.1) is 5.92 Å². The van der Waals surface area contributed by atoms with Crippen LogP contribution in [-0.4, -0.2) is 50.0 Å². The highest BCUT2D eigenvalue weighted by Gasteiger charge is 2.18. The van der Waals surface area contributed by atoms with Gasteiger partial charge in [-0.1, -0.05) is 12.8 Å². The van der Waals surface area contributed by atoms with E-state index in [0.29, 0.717) is 23.7 Å². The van der Waals surface area contributed by atoms with Crippen molar-refractivity contribution in [2.75, 3.05) is 43.4 Å². The first-order valence-electron chi connectivity index (χ1n) is 10.2. The monoisotopic (exact) mass is 372 g/mol. The molecular formula is C20H32N6O. The molecule has 0 aliphatic carbocycles. The van der Waals surface area contributed by atoms with Crippen LogP contribution in [0.5, 0.6) is 0 Å². The normalized spacial score (nSPS) is 19.6. The summed E-state index contributed by atoms with van der Waals surface area (Å²) in [4.78, 5) is 23.5. The first-order valence-corrected chi connectivity index (χ1v) is 10.2. The average molecular weight is 373 g/mol. The molecule has 0 bridgehead atoms. The van der Waals surface area contributed by atoms with Crippen LogP contribution in [0.25, 0.3) is 0 Å². The van der Waals surface area contributed by atoms with Gasteiger partial charge in [-0.2, -0.15) is 4.99 Å². The van der Waals surface area contributed by atoms with Crippen LogP contribution in [-0.2, 0) is 4.79 Å². The van der Waals surface area contributed by atoms with Crippen LogP contribution in [0.3, 0.4) is 0 Å². The maximum Gasteiger partial charge on any atom is 0.247 e. The third-order valence-electron chi connectivity index (χ3n) is 5.49. The van der Waals surface area contributed by atoms with E-state index in [9.17, 15) is 4.79 Å². The van der Waals surface area contributed by atoms with Gasteiger partial charge in [0.25, 0.3) is 0 Å². The molecule has 0 unspecified atom stereocenters. The first kappa shape index (κ1) is 19.6.